The molecule has 0 atom stereocenters. The predicted molar refractivity (Wildman–Crippen MR) is 74.6 cm³/mol. The van der Waals surface area contributed by atoms with Crippen LogP contribution < -0.4 is 5.32 Å². The topological polar surface area (TPSA) is 52.7 Å². The van der Waals surface area contributed by atoms with Gasteiger partial charge in [-0.15, -0.1) is 6.58 Å². The molecule has 6 heteroatoms. The van der Waals surface area contributed by atoms with Crippen molar-refractivity contribution in [3.05, 3.63) is 12.7 Å². The zero-order valence-electron chi connectivity index (χ0n) is 11.4. The summed E-state index contributed by atoms with van der Waals surface area (Å²) in [5.74, 6) is 0.598. The Kier molecular flexibility index (Phi) is 6.28. The van der Waals surface area contributed by atoms with Crippen molar-refractivity contribution in [3.63, 3.8) is 0 Å². The minimum Gasteiger partial charge on any atom is -0.317 e. The molecule has 1 rings (SSSR count). The van der Waals surface area contributed by atoms with Gasteiger partial charge in [-0.25, -0.2) is 0 Å². The van der Waals surface area contributed by atoms with E-state index in [0.717, 1.165) is 25.9 Å². The monoisotopic (exact) mass is 275 g/mol. The van der Waals surface area contributed by atoms with Gasteiger partial charge in [0.05, 0.1) is 0 Å². The van der Waals surface area contributed by atoms with Gasteiger partial charge in [0.1, 0.15) is 0 Å². The fourth-order valence-corrected chi connectivity index (χ4v) is 3.53. The van der Waals surface area contributed by atoms with Gasteiger partial charge < -0.3 is 5.32 Å². The average molecular weight is 275 g/mol. The summed E-state index contributed by atoms with van der Waals surface area (Å²) in [5, 5.41) is 3.32. The molecular weight excluding hydrogens is 250 g/mol. The molecule has 0 saturated carbocycles. The summed E-state index contributed by atoms with van der Waals surface area (Å²) >= 11 is 0. The Hall–Kier alpha value is -0.430. The Bertz CT molecular complexity index is 348. The Morgan fingerprint density at radius 1 is 1.44 bits per heavy atom. The summed E-state index contributed by atoms with van der Waals surface area (Å²) in [7, 11) is -1.69. The summed E-state index contributed by atoms with van der Waals surface area (Å²) in [5.41, 5.74) is 0. The molecule has 0 spiro atoms. The second kappa shape index (κ2) is 7.23. The van der Waals surface area contributed by atoms with Crippen LogP contribution in [0, 0.1) is 5.92 Å². The number of rotatable bonds is 7. The summed E-state index contributed by atoms with van der Waals surface area (Å²) in [6.07, 6.45) is 3.48. The molecule has 0 aromatic carbocycles. The number of hydrogen-bond acceptors (Lipinski definition) is 3. The molecule has 1 aliphatic rings. The molecule has 0 aromatic heterocycles. The van der Waals surface area contributed by atoms with Crippen LogP contribution in [0.15, 0.2) is 12.7 Å². The predicted octanol–water partition coefficient (Wildman–Crippen LogP) is 0.671. The van der Waals surface area contributed by atoms with E-state index in [-0.39, 0.29) is 0 Å². The van der Waals surface area contributed by atoms with Crippen molar-refractivity contribution in [1.29, 1.82) is 0 Å². The van der Waals surface area contributed by atoms with E-state index in [0.29, 0.717) is 25.6 Å². The minimum atomic E-state index is -3.29. The van der Waals surface area contributed by atoms with Gasteiger partial charge in [0.25, 0.3) is 10.2 Å². The van der Waals surface area contributed by atoms with Crippen LogP contribution in [0.2, 0.25) is 0 Å². The van der Waals surface area contributed by atoms with Crippen LogP contribution >= 0.6 is 0 Å². The van der Waals surface area contributed by atoms with E-state index in [2.05, 4.69) is 18.8 Å². The first-order valence-electron chi connectivity index (χ1n) is 6.55. The van der Waals surface area contributed by atoms with Crippen molar-refractivity contribution in [2.24, 2.45) is 5.92 Å². The van der Waals surface area contributed by atoms with Gasteiger partial charge in [-0.05, 0) is 31.8 Å². The number of nitrogens with zero attached hydrogens (tertiary/aromatic N) is 2. The van der Waals surface area contributed by atoms with E-state index >= 15 is 0 Å². The van der Waals surface area contributed by atoms with E-state index < -0.39 is 10.2 Å². The molecular formula is C12H25N3O2S. The first-order valence-corrected chi connectivity index (χ1v) is 7.95. The molecule has 0 aliphatic carbocycles. The third-order valence-corrected chi connectivity index (χ3v) is 5.32. The van der Waals surface area contributed by atoms with Gasteiger partial charge in [-0.3, -0.25) is 0 Å². The van der Waals surface area contributed by atoms with Crippen LogP contribution in [0.5, 0.6) is 0 Å². The summed E-state index contributed by atoms with van der Waals surface area (Å²) in [6, 6.07) is 0. The zero-order chi connectivity index (χ0) is 13.6. The van der Waals surface area contributed by atoms with Gasteiger partial charge in [-0.1, -0.05) is 13.0 Å². The maximum atomic E-state index is 12.2. The largest absolute Gasteiger partial charge is 0.317 e. The lowest BCUT2D eigenvalue weighted by molar-refractivity contribution is 0.256. The fraction of sp³-hybridized carbons (Fsp3) is 0.833. The fourth-order valence-electron chi connectivity index (χ4n) is 2.17. The second-order valence-electron chi connectivity index (χ2n) is 4.73. The Balaban J connectivity index is 2.49. The molecule has 1 N–H and O–H groups in total. The van der Waals surface area contributed by atoms with Gasteiger partial charge >= 0.3 is 0 Å². The highest BCUT2D eigenvalue weighted by Gasteiger charge is 2.30. The number of likely N-dealkylation sites (N-methyl/N-ethyl adjacent to an activating group) is 1. The smallest absolute Gasteiger partial charge is 0.282 e. The minimum absolute atomic E-state index is 0.361. The Morgan fingerprint density at radius 3 is 2.56 bits per heavy atom. The first kappa shape index (κ1) is 15.6. The van der Waals surface area contributed by atoms with Crippen LogP contribution in [-0.2, 0) is 10.2 Å². The Labute approximate surface area is 111 Å². The molecule has 1 saturated heterocycles. The van der Waals surface area contributed by atoms with Crippen LogP contribution in [-0.4, -0.2) is 56.8 Å². The molecule has 5 nitrogen and oxygen atoms in total. The third-order valence-electron chi connectivity index (χ3n) is 3.36. The maximum absolute atomic E-state index is 12.2. The number of piperidine rings is 1. The summed E-state index contributed by atoms with van der Waals surface area (Å²) in [6.45, 7) is 9.24. The molecule has 1 heterocycles. The highest BCUT2D eigenvalue weighted by Crippen LogP contribution is 2.20. The van der Waals surface area contributed by atoms with Crippen molar-refractivity contribution in [3.8, 4) is 0 Å². The lowest BCUT2D eigenvalue weighted by Gasteiger charge is -2.33. The number of hydrogen-bond donors (Lipinski definition) is 1. The third kappa shape index (κ3) is 4.05. The van der Waals surface area contributed by atoms with Gasteiger partial charge in [0.2, 0.25) is 0 Å². The average Bonchev–Trinajstić information content (AvgIpc) is 2.37. The maximum Gasteiger partial charge on any atom is 0.282 e. The standard InChI is InChI=1S/C12H25N3O2S/c1-4-8-14(3)18(16,17)15-9-6-12(7-10-15)11-13-5-2/h4,12-13H,1,5-11H2,2-3H3. The van der Waals surface area contributed by atoms with Gasteiger partial charge in [0, 0.05) is 26.7 Å². The van der Waals surface area contributed by atoms with Crippen molar-refractivity contribution < 1.29 is 8.42 Å². The van der Waals surface area contributed by atoms with Crippen molar-refractivity contribution >= 4 is 10.2 Å². The van der Waals surface area contributed by atoms with E-state index in [1.54, 1.807) is 17.4 Å². The quantitative estimate of drug-likeness (QED) is 0.695. The van der Waals surface area contributed by atoms with Gasteiger partial charge in [0.15, 0.2) is 0 Å². The lowest BCUT2D eigenvalue weighted by Crippen LogP contribution is -2.46. The van der Waals surface area contributed by atoms with Gasteiger partial charge in [-0.2, -0.15) is 17.0 Å². The van der Waals surface area contributed by atoms with Crippen LogP contribution in [0.4, 0.5) is 0 Å². The molecule has 1 aliphatic heterocycles. The number of nitrogens with one attached hydrogen (secondary N) is 1. The molecule has 18 heavy (non-hydrogen) atoms. The van der Waals surface area contributed by atoms with E-state index in [4.69, 9.17) is 0 Å². The van der Waals surface area contributed by atoms with Crippen LogP contribution in [0.1, 0.15) is 19.8 Å². The van der Waals surface area contributed by atoms with E-state index in [9.17, 15) is 8.42 Å². The SMILES string of the molecule is C=CCN(C)S(=O)(=O)N1CCC(CNCC)CC1. The summed E-state index contributed by atoms with van der Waals surface area (Å²) in [4.78, 5) is 0. The highest BCUT2D eigenvalue weighted by molar-refractivity contribution is 7.86. The van der Waals surface area contributed by atoms with Crippen LogP contribution in [0.25, 0.3) is 0 Å². The molecule has 0 aromatic rings. The second-order valence-corrected chi connectivity index (χ2v) is 6.76. The molecule has 0 amide bonds. The van der Waals surface area contributed by atoms with Crippen LogP contribution in [0.3, 0.4) is 0 Å². The molecule has 0 bridgehead atoms. The Morgan fingerprint density at radius 2 is 2.06 bits per heavy atom. The molecule has 1 fully saturated rings. The van der Waals surface area contributed by atoms with E-state index in [1.165, 1.54) is 4.31 Å². The van der Waals surface area contributed by atoms with Crippen molar-refractivity contribution in [2.45, 2.75) is 19.8 Å². The first-order chi connectivity index (χ1) is 8.52. The van der Waals surface area contributed by atoms with Crippen molar-refractivity contribution in [1.82, 2.24) is 13.9 Å². The highest BCUT2D eigenvalue weighted by atomic mass is 32.2. The van der Waals surface area contributed by atoms with Crippen molar-refractivity contribution in [2.75, 3.05) is 39.8 Å². The molecule has 0 unspecified atom stereocenters. The molecule has 0 radical (unpaired) electrons. The van der Waals surface area contributed by atoms with E-state index in [1.807, 2.05) is 0 Å². The lowest BCUT2D eigenvalue weighted by atomic mass is 9.98. The zero-order valence-corrected chi connectivity index (χ0v) is 12.2. The molecule has 106 valence electrons. The normalized spacial score (nSPS) is 19.3. The summed E-state index contributed by atoms with van der Waals surface area (Å²) < 4.78 is 27.3.